The van der Waals surface area contributed by atoms with Crippen LogP contribution in [0.1, 0.15) is 39.3 Å². The zero-order valence-electron chi connectivity index (χ0n) is 15.9. The Balaban J connectivity index is 1.44. The Bertz CT molecular complexity index is 772. The van der Waals surface area contributed by atoms with E-state index in [2.05, 4.69) is 15.7 Å². The van der Waals surface area contributed by atoms with Crippen LogP contribution in [0.3, 0.4) is 0 Å². The summed E-state index contributed by atoms with van der Waals surface area (Å²) in [4.78, 5) is 30.7. The fourth-order valence-electron chi connectivity index (χ4n) is 2.88. The van der Waals surface area contributed by atoms with Crippen molar-refractivity contribution in [3.05, 3.63) is 27.9 Å². The number of thiazole rings is 1. The van der Waals surface area contributed by atoms with Crippen LogP contribution in [0.25, 0.3) is 10.6 Å². The molecule has 1 aliphatic heterocycles. The number of aromatic nitrogens is 1. The lowest BCUT2D eigenvalue weighted by Crippen LogP contribution is -2.48. The van der Waals surface area contributed by atoms with Crippen molar-refractivity contribution in [3.63, 3.8) is 0 Å². The molecule has 2 aromatic rings. The minimum atomic E-state index is -0.489. The summed E-state index contributed by atoms with van der Waals surface area (Å²) in [6, 6.07) is 2.12. The molecular formula is C19H25N3O3S2. The normalized spacial score (nSPS) is 15.6. The van der Waals surface area contributed by atoms with E-state index in [1.165, 1.54) is 0 Å². The molecule has 0 aromatic carbocycles. The highest BCUT2D eigenvalue weighted by Crippen LogP contribution is 2.25. The van der Waals surface area contributed by atoms with E-state index in [1.807, 2.05) is 37.6 Å². The molecule has 1 aliphatic rings. The molecule has 0 bridgehead atoms. The highest BCUT2D eigenvalue weighted by Gasteiger charge is 2.27. The maximum absolute atomic E-state index is 12.3. The van der Waals surface area contributed by atoms with Gasteiger partial charge in [0, 0.05) is 35.5 Å². The van der Waals surface area contributed by atoms with Crippen molar-refractivity contribution in [2.75, 3.05) is 13.1 Å². The van der Waals surface area contributed by atoms with Crippen LogP contribution in [-0.4, -0.2) is 46.6 Å². The summed E-state index contributed by atoms with van der Waals surface area (Å²) in [5.74, 6) is -0.0205. The largest absolute Gasteiger partial charge is 0.444 e. The molecule has 0 aliphatic carbocycles. The average molecular weight is 408 g/mol. The molecule has 1 N–H and O–H groups in total. The smallest absolute Gasteiger partial charge is 0.410 e. The van der Waals surface area contributed by atoms with Gasteiger partial charge >= 0.3 is 6.09 Å². The van der Waals surface area contributed by atoms with Crippen molar-refractivity contribution >= 4 is 34.7 Å². The molecule has 0 unspecified atom stereocenters. The molecule has 27 heavy (non-hydrogen) atoms. The molecule has 0 radical (unpaired) electrons. The van der Waals surface area contributed by atoms with E-state index in [0.29, 0.717) is 13.1 Å². The topological polar surface area (TPSA) is 71.5 Å². The van der Waals surface area contributed by atoms with E-state index in [4.69, 9.17) is 4.74 Å². The van der Waals surface area contributed by atoms with Crippen LogP contribution in [0.4, 0.5) is 4.79 Å². The summed E-state index contributed by atoms with van der Waals surface area (Å²) in [7, 11) is 0. The molecule has 3 rings (SSSR count). The van der Waals surface area contributed by atoms with E-state index in [0.717, 1.165) is 29.1 Å². The summed E-state index contributed by atoms with van der Waals surface area (Å²) in [6.07, 6.45) is 1.48. The fraction of sp³-hybridized carbons (Fsp3) is 0.526. The first kappa shape index (κ1) is 19.8. The van der Waals surface area contributed by atoms with Crippen LogP contribution in [0.2, 0.25) is 0 Å². The van der Waals surface area contributed by atoms with Gasteiger partial charge in [-0.1, -0.05) is 0 Å². The number of hydrogen-bond acceptors (Lipinski definition) is 6. The van der Waals surface area contributed by atoms with Gasteiger partial charge in [0.05, 0.1) is 12.1 Å². The third kappa shape index (κ3) is 5.77. The third-order valence-electron chi connectivity index (χ3n) is 4.17. The van der Waals surface area contributed by atoms with Crippen molar-refractivity contribution in [2.45, 2.75) is 51.7 Å². The molecule has 0 saturated carbocycles. The first-order valence-corrected chi connectivity index (χ1v) is 10.9. The number of rotatable bonds is 4. The van der Waals surface area contributed by atoms with Crippen molar-refractivity contribution in [1.29, 1.82) is 0 Å². The van der Waals surface area contributed by atoms with E-state index in [9.17, 15) is 9.59 Å². The Morgan fingerprint density at radius 2 is 2.04 bits per heavy atom. The quantitative estimate of drug-likeness (QED) is 0.834. The molecule has 0 atom stereocenters. The zero-order chi connectivity index (χ0) is 19.4. The standard InChI is InChI=1S/C19H25N3O3S2/c1-19(2,3)25-18(24)22-7-4-14(5-8-22)20-16(23)10-15-12-27-17(21-15)13-6-9-26-11-13/h6,9,11-12,14H,4-5,7-8,10H2,1-3H3,(H,20,23). The molecule has 146 valence electrons. The van der Waals surface area contributed by atoms with Crippen molar-refractivity contribution in [1.82, 2.24) is 15.2 Å². The molecule has 0 spiro atoms. The van der Waals surface area contributed by atoms with E-state index in [1.54, 1.807) is 27.6 Å². The summed E-state index contributed by atoms with van der Waals surface area (Å²) < 4.78 is 5.40. The van der Waals surface area contributed by atoms with Gasteiger partial charge in [0.2, 0.25) is 5.91 Å². The van der Waals surface area contributed by atoms with Crippen LogP contribution in [0.5, 0.6) is 0 Å². The molecule has 2 aromatic heterocycles. The first-order chi connectivity index (χ1) is 12.8. The first-order valence-electron chi connectivity index (χ1n) is 9.04. The Labute approximate surface area is 167 Å². The highest BCUT2D eigenvalue weighted by molar-refractivity contribution is 7.14. The number of piperidine rings is 1. The van der Waals surface area contributed by atoms with E-state index >= 15 is 0 Å². The van der Waals surface area contributed by atoms with Crippen LogP contribution in [-0.2, 0) is 16.0 Å². The number of ether oxygens (including phenoxy) is 1. The molecule has 1 saturated heterocycles. The Hall–Kier alpha value is -1.93. The van der Waals surface area contributed by atoms with Crippen LogP contribution < -0.4 is 5.32 Å². The van der Waals surface area contributed by atoms with E-state index < -0.39 is 5.60 Å². The molecule has 2 amide bonds. The lowest BCUT2D eigenvalue weighted by molar-refractivity contribution is -0.121. The molecule has 8 heteroatoms. The fourth-order valence-corrected chi connectivity index (χ4v) is 4.41. The number of likely N-dealkylation sites (tertiary alicyclic amines) is 1. The zero-order valence-corrected chi connectivity index (χ0v) is 17.5. The summed E-state index contributed by atoms with van der Waals surface area (Å²) >= 11 is 3.20. The number of carbonyl (C=O) groups excluding carboxylic acids is 2. The van der Waals surface area contributed by atoms with Crippen molar-refractivity contribution in [3.8, 4) is 10.6 Å². The summed E-state index contributed by atoms with van der Waals surface area (Å²) in [6.45, 7) is 6.78. The maximum atomic E-state index is 12.3. The number of nitrogens with zero attached hydrogens (tertiary/aromatic N) is 2. The molecular weight excluding hydrogens is 382 g/mol. The monoisotopic (exact) mass is 407 g/mol. The van der Waals surface area contributed by atoms with Crippen LogP contribution in [0, 0.1) is 0 Å². The van der Waals surface area contributed by atoms with Crippen molar-refractivity contribution < 1.29 is 14.3 Å². The van der Waals surface area contributed by atoms with Crippen LogP contribution >= 0.6 is 22.7 Å². The second kappa shape index (κ2) is 8.39. The Morgan fingerprint density at radius 1 is 1.30 bits per heavy atom. The molecule has 3 heterocycles. The van der Waals surface area contributed by atoms with Gasteiger partial charge in [0.15, 0.2) is 0 Å². The predicted molar refractivity (Wildman–Crippen MR) is 108 cm³/mol. The average Bonchev–Trinajstić information content (AvgIpc) is 3.25. The van der Waals surface area contributed by atoms with Gasteiger partial charge in [-0.05, 0) is 45.1 Å². The lowest BCUT2D eigenvalue weighted by Gasteiger charge is -2.33. The minimum absolute atomic E-state index is 0.0205. The second-order valence-corrected chi connectivity index (χ2v) is 9.28. The van der Waals surface area contributed by atoms with Gasteiger partial charge in [0.25, 0.3) is 0 Å². The lowest BCUT2D eigenvalue weighted by atomic mass is 10.1. The van der Waals surface area contributed by atoms with E-state index in [-0.39, 0.29) is 24.5 Å². The third-order valence-corrected chi connectivity index (χ3v) is 5.80. The number of carbonyl (C=O) groups is 2. The number of hydrogen-bond donors (Lipinski definition) is 1. The van der Waals surface area contributed by atoms with Gasteiger partial charge in [-0.15, -0.1) is 11.3 Å². The van der Waals surface area contributed by atoms with Gasteiger partial charge < -0.3 is 15.0 Å². The predicted octanol–water partition coefficient (Wildman–Crippen LogP) is 3.93. The SMILES string of the molecule is CC(C)(C)OC(=O)N1CCC(NC(=O)Cc2csc(-c3ccsc3)n2)CC1. The second-order valence-electron chi connectivity index (χ2n) is 7.64. The van der Waals surface area contributed by atoms with Gasteiger partial charge in [-0.2, -0.15) is 11.3 Å². The Kier molecular flexibility index (Phi) is 6.16. The minimum Gasteiger partial charge on any atom is -0.444 e. The highest BCUT2D eigenvalue weighted by atomic mass is 32.1. The van der Waals surface area contributed by atoms with Gasteiger partial charge in [0.1, 0.15) is 10.6 Å². The van der Waals surface area contributed by atoms with Crippen LogP contribution in [0.15, 0.2) is 22.2 Å². The number of thiophene rings is 1. The van der Waals surface area contributed by atoms with Gasteiger partial charge in [-0.25, -0.2) is 9.78 Å². The van der Waals surface area contributed by atoms with Gasteiger partial charge in [-0.3, -0.25) is 4.79 Å². The Morgan fingerprint density at radius 3 is 2.67 bits per heavy atom. The summed E-state index contributed by atoms with van der Waals surface area (Å²) in [5.41, 5.74) is 1.41. The molecule has 6 nitrogen and oxygen atoms in total. The van der Waals surface area contributed by atoms with Crippen molar-refractivity contribution in [2.24, 2.45) is 0 Å². The number of amides is 2. The maximum Gasteiger partial charge on any atom is 0.410 e. The molecule has 1 fully saturated rings. The summed E-state index contributed by atoms with van der Waals surface area (Å²) in [5, 5.41) is 10.0. The number of nitrogens with one attached hydrogen (secondary N) is 1.